The summed E-state index contributed by atoms with van der Waals surface area (Å²) in [5, 5.41) is 0. The highest BCUT2D eigenvalue weighted by atomic mass is 14.4. The highest BCUT2D eigenvalue weighted by molar-refractivity contribution is 4.84. The summed E-state index contributed by atoms with van der Waals surface area (Å²) in [5.74, 6) is 4.13. The van der Waals surface area contributed by atoms with E-state index in [2.05, 4.69) is 27.7 Å². The zero-order valence-electron chi connectivity index (χ0n) is 24.0. The van der Waals surface area contributed by atoms with Crippen LogP contribution in [0.1, 0.15) is 188 Å². The van der Waals surface area contributed by atoms with E-state index in [0.717, 1.165) is 23.7 Å². The first kappa shape index (κ1) is 31.0. The predicted octanol–water partition coefficient (Wildman–Crippen LogP) is 12.3. The summed E-state index contributed by atoms with van der Waals surface area (Å²) in [7, 11) is 0. The Morgan fingerprint density at radius 3 is 1.06 bits per heavy atom. The third kappa shape index (κ3) is 16.3. The summed E-state index contributed by atoms with van der Waals surface area (Å²) >= 11 is 0. The Bertz CT molecular complexity index is 385. The van der Waals surface area contributed by atoms with Crippen LogP contribution in [0.25, 0.3) is 0 Å². The van der Waals surface area contributed by atoms with Crippen molar-refractivity contribution in [3.05, 3.63) is 0 Å². The molecular weight excluding hydrogens is 396 g/mol. The number of unbranched alkanes of at least 4 members (excludes halogenated alkanes) is 17. The largest absolute Gasteiger partial charge is 0.0654 e. The zero-order chi connectivity index (χ0) is 24.0. The standard InChI is InChI=1S/C33H66/c1-5-8-11-14-17-20-23-26-32-28-30(4)31(25-22-19-16-13-10-7-3)29-33(32)27-24-21-18-15-12-9-6-2/h30-33H,5-29H2,1-4H3. The Hall–Kier alpha value is 0. The minimum Gasteiger partial charge on any atom is -0.0654 e. The van der Waals surface area contributed by atoms with Crippen molar-refractivity contribution in [3.8, 4) is 0 Å². The molecule has 0 N–H and O–H groups in total. The van der Waals surface area contributed by atoms with Gasteiger partial charge < -0.3 is 0 Å². The van der Waals surface area contributed by atoms with Gasteiger partial charge in [0.25, 0.3) is 0 Å². The second-order valence-corrected chi connectivity index (χ2v) is 12.1. The second kappa shape index (κ2) is 22.5. The molecule has 33 heavy (non-hydrogen) atoms. The number of hydrogen-bond acceptors (Lipinski definition) is 0. The monoisotopic (exact) mass is 463 g/mol. The quantitative estimate of drug-likeness (QED) is 0.132. The highest BCUT2D eigenvalue weighted by Gasteiger charge is 2.33. The molecule has 0 aromatic heterocycles. The van der Waals surface area contributed by atoms with Gasteiger partial charge in [0, 0.05) is 0 Å². The molecule has 0 saturated heterocycles. The first-order valence-corrected chi connectivity index (χ1v) is 16.2. The predicted molar refractivity (Wildman–Crippen MR) is 152 cm³/mol. The van der Waals surface area contributed by atoms with Gasteiger partial charge in [-0.25, -0.2) is 0 Å². The lowest BCUT2D eigenvalue weighted by atomic mass is 9.65. The van der Waals surface area contributed by atoms with Crippen molar-refractivity contribution in [1.82, 2.24) is 0 Å². The zero-order valence-corrected chi connectivity index (χ0v) is 24.0. The smallest absolute Gasteiger partial charge is 0.0383 e. The molecule has 1 fully saturated rings. The molecule has 0 heterocycles. The van der Waals surface area contributed by atoms with Crippen LogP contribution in [0.5, 0.6) is 0 Å². The average Bonchev–Trinajstić information content (AvgIpc) is 2.82. The molecule has 0 bridgehead atoms. The fraction of sp³-hybridized carbons (Fsp3) is 1.00. The van der Waals surface area contributed by atoms with Crippen LogP contribution in [0.4, 0.5) is 0 Å². The van der Waals surface area contributed by atoms with Gasteiger partial charge in [-0.3, -0.25) is 0 Å². The Balaban J connectivity index is 2.38. The van der Waals surface area contributed by atoms with Gasteiger partial charge in [0.05, 0.1) is 0 Å². The fourth-order valence-electron chi connectivity index (χ4n) is 6.70. The lowest BCUT2D eigenvalue weighted by molar-refractivity contribution is 0.0974. The molecule has 4 unspecified atom stereocenters. The molecule has 198 valence electrons. The summed E-state index contributed by atoms with van der Waals surface area (Å²) in [6.45, 7) is 9.60. The first-order chi connectivity index (χ1) is 16.2. The summed E-state index contributed by atoms with van der Waals surface area (Å²) < 4.78 is 0. The maximum Gasteiger partial charge on any atom is -0.0383 e. The third-order valence-electron chi connectivity index (χ3n) is 9.04. The van der Waals surface area contributed by atoms with Gasteiger partial charge in [-0.2, -0.15) is 0 Å². The minimum absolute atomic E-state index is 0.987. The third-order valence-corrected chi connectivity index (χ3v) is 9.04. The van der Waals surface area contributed by atoms with E-state index in [-0.39, 0.29) is 0 Å². The molecule has 0 spiro atoms. The van der Waals surface area contributed by atoms with Crippen molar-refractivity contribution < 1.29 is 0 Å². The Kier molecular flexibility index (Phi) is 21.1. The maximum atomic E-state index is 2.61. The van der Waals surface area contributed by atoms with Gasteiger partial charge in [0.2, 0.25) is 0 Å². The normalized spacial score (nSPS) is 23.3. The fourth-order valence-corrected chi connectivity index (χ4v) is 6.70. The molecule has 4 atom stereocenters. The van der Waals surface area contributed by atoms with E-state index in [0.29, 0.717) is 0 Å². The van der Waals surface area contributed by atoms with Crippen LogP contribution in [0.2, 0.25) is 0 Å². The van der Waals surface area contributed by atoms with E-state index in [1.807, 2.05) is 0 Å². The minimum atomic E-state index is 0.987. The molecule has 1 rings (SSSR count). The first-order valence-electron chi connectivity index (χ1n) is 16.2. The maximum absolute atomic E-state index is 2.61. The molecule has 1 aliphatic rings. The van der Waals surface area contributed by atoms with E-state index in [4.69, 9.17) is 0 Å². The molecule has 0 aliphatic heterocycles. The number of rotatable bonds is 23. The number of hydrogen-bond donors (Lipinski definition) is 0. The summed E-state index contributed by atoms with van der Waals surface area (Å²) in [5.41, 5.74) is 0. The van der Waals surface area contributed by atoms with Gasteiger partial charge in [0.1, 0.15) is 0 Å². The molecule has 0 radical (unpaired) electrons. The van der Waals surface area contributed by atoms with Gasteiger partial charge in [-0.05, 0) is 36.5 Å². The molecule has 0 amide bonds. The molecular formula is C33H66. The molecule has 0 nitrogen and oxygen atoms in total. The Morgan fingerprint density at radius 1 is 0.364 bits per heavy atom. The molecule has 0 heteroatoms. The lowest BCUT2D eigenvalue weighted by Gasteiger charge is -2.41. The van der Waals surface area contributed by atoms with E-state index in [1.165, 1.54) is 135 Å². The van der Waals surface area contributed by atoms with Crippen molar-refractivity contribution in [2.75, 3.05) is 0 Å². The van der Waals surface area contributed by atoms with Crippen molar-refractivity contribution in [3.63, 3.8) is 0 Å². The Labute approximate surface area is 211 Å². The van der Waals surface area contributed by atoms with E-state index in [1.54, 1.807) is 25.7 Å². The second-order valence-electron chi connectivity index (χ2n) is 12.1. The van der Waals surface area contributed by atoms with Gasteiger partial charge in [0.15, 0.2) is 0 Å². The van der Waals surface area contributed by atoms with E-state index < -0.39 is 0 Å². The molecule has 0 aromatic rings. The van der Waals surface area contributed by atoms with Crippen LogP contribution < -0.4 is 0 Å². The van der Waals surface area contributed by atoms with Gasteiger partial charge in [-0.1, -0.05) is 175 Å². The lowest BCUT2D eigenvalue weighted by Crippen LogP contribution is -2.31. The molecule has 1 aliphatic carbocycles. The molecule has 0 aromatic carbocycles. The van der Waals surface area contributed by atoms with Crippen LogP contribution in [0, 0.1) is 23.7 Å². The van der Waals surface area contributed by atoms with Crippen LogP contribution in [-0.2, 0) is 0 Å². The van der Waals surface area contributed by atoms with Crippen LogP contribution >= 0.6 is 0 Å². The summed E-state index contributed by atoms with van der Waals surface area (Å²) in [6.07, 6.45) is 37.1. The van der Waals surface area contributed by atoms with Gasteiger partial charge in [-0.15, -0.1) is 0 Å². The van der Waals surface area contributed by atoms with Crippen LogP contribution in [0.15, 0.2) is 0 Å². The van der Waals surface area contributed by atoms with E-state index in [9.17, 15) is 0 Å². The van der Waals surface area contributed by atoms with Crippen LogP contribution in [-0.4, -0.2) is 0 Å². The highest BCUT2D eigenvalue weighted by Crippen LogP contribution is 2.44. The van der Waals surface area contributed by atoms with Gasteiger partial charge >= 0.3 is 0 Å². The van der Waals surface area contributed by atoms with E-state index >= 15 is 0 Å². The Morgan fingerprint density at radius 2 is 0.667 bits per heavy atom. The summed E-state index contributed by atoms with van der Waals surface area (Å²) in [6, 6.07) is 0. The molecule has 1 saturated carbocycles. The van der Waals surface area contributed by atoms with Crippen molar-refractivity contribution in [2.24, 2.45) is 23.7 Å². The van der Waals surface area contributed by atoms with Crippen molar-refractivity contribution >= 4 is 0 Å². The van der Waals surface area contributed by atoms with Crippen LogP contribution in [0.3, 0.4) is 0 Å². The SMILES string of the molecule is CCCCCCCCCC1CC(C)C(CCCCCCCC)CC1CCCCCCCCC. The average molecular weight is 463 g/mol. The topological polar surface area (TPSA) is 0 Å². The van der Waals surface area contributed by atoms with Crippen molar-refractivity contribution in [1.29, 1.82) is 0 Å². The summed E-state index contributed by atoms with van der Waals surface area (Å²) in [4.78, 5) is 0. The van der Waals surface area contributed by atoms with Crippen molar-refractivity contribution in [2.45, 2.75) is 188 Å².